The van der Waals surface area contributed by atoms with E-state index in [2.05, 4.69) is 124 Å². The predicted octanol–water partition coefficient (Wildman–Crippen LogP) is 13.1. The third kappa shape index (κ3) is 8.97. The molecular formula is C46H58N3OSi3Zr. The van der Waals surface area contributed by atoms with Crippen LogP contribution >= 0.6 is 0 Å². The average Bonchev–Trinajstić information content (AvgIpc) is 3.85. The van der Waals surface area contributed by atoms with E-state index >= 15 is 0 Å². The van der Waals surface area contributed by atoms with Gasteiger partial charge in [-0.1, -0.05) is 209 Å². The van der Waals surface area contributed by atoms with Gasteiger partial charge in [0.25, 0.3) is 0 Å². The van der Waals surface area contributed by atoms with Gasteiger partial charge in [-0.05, 0) is 65.3 Å². The molecule has 3 aliphatic rings. The van der Waals surface area contributed by atoms with Crippen molar-refractivity contribution in [2.24, 2.45) is 0 Å². The zero-order valence-electron chi connectivity index (χ0n) is 33.4. The van der Waals surface area contributed by atoms with Gasteiger partial charge in [-0.3, -0.25) is 0 Å². The van der Waals surface area contributed by atoms with Crippen molar-refractivity contribution in [2.75, 3.05) is 0 Å². The van der Waals surface area contributed by atoms with Crippen LogP contribution in [0.4, 0.5) is 0 Å². The second kappa shape index (κ2) is 17.1. The van der Waals surface area contributed by atoms with Crippen LogP contribution < -0.4 is 0 Å². The molecule has 5 aromatic carbocycles. The molecule has 0 aliphatic heterocycles. The van der Waals surface area contributed by atoms with Crippen LogP contribution in [0.5, 0.6) is 0 Å². The van der Waals surface area contributed by atoms with Crippen molar-refractivity contribution >= 4 is 35.5 Å². The SMILES string of the molecule is C[C@@H](O)c1ccc2ccccc2c1.C[Si](C)([N-][C@@H]1CCc2ccccc21)C([Si](C)(C)[N-][C@@H]1CCc2ccccc21)[Si](C)(C)[N-][C@@H]1CCc2ccccc21.[Zr+3]. The Labute approximate surface area is 347 Å². The summed E-state index contributed by atoms with van der Waals surface area (Å²) in [5.41, 5.74) is 9.91. The fourth-order valence-corrected chi connectivity index (χ4v) is 36.2. The number of rotatable bonds is 10. The number of nitrogens with zero attached hydrogens (tertiary/aromatic N) is 3. The minimum atomic E-state index is -2.10. The molecule has 1 N–H and O–H groups in total. The van der Waals surface area contributed by atoms with Crippen LogP contribution in [0.25, 0.3) is 25.7 Å². The molecule has 1 radical (unpaired) electrons. The molecule has 0 saturated carbocycles. The maximum Gasteiger partial charge on any atom is 3.00 e. The van der Waals surface area contributed by atoms with Crippen LogP contribution in [0.2, 0.25) is 44.1 Å². The number of fused-ring (bicyclic) bond motifs is 4. The molecule has 0 saturated heterocycles. The molecule has 279 valence electrons. The van der Waals surface area contributed by atoms with Crippen LogP contribution in [0, 0.1) is 0 Å². The topological polar surface area (TPSA) is 62.5 Å². The summed E-state index contributed by atoms with van der Waals surface area (Å²) in [7, 11) is -6.31. The molecule has 4 atom stereocenters. The van der Waals surface area contributed by atoms with Crippen molar-refractivity contribution in [1.29, 1.82) is 0 Å². The van der Waals surface area contributed by atoms with Crippen LogP contribution in [0.1, 0.15) is 89.4 Å². The number of aliphatic hydroxyl groups is 1. The summed E-state index contributed by atoms with van der Waals surface area (Å²) in [5, 5.41) is 11.8. The van der Waals surface area contributed by atoms with Gasteiger partial charge in [0, 0.05) is 0 Å². The van der Waals surface area contributed by atoms with Crippen LogP contribution in [0.3, 0.4) is 0 Å². The Kier molecular flexibility index (Phi) is 13.1. The van der Waals surface area contributed by atoms with Crippen LogP contribution in [-0.4, -0.2) is 29.8 Å². The molecule has 8 rings (SSSR count). The Morgan fingerprint density at radius 2 is 0.852 bits per heavy atom. The first-order valence-corrected chi connectivity index (χ1v) is 29.0. The summed E-state index contributed by atoms with van der Waals surface area (Å²) in [4.78, 5) is 18.3. The van der Waals surface area contributed by atoms with Gasteiger partial charge in [0.05, 0.1) is 6.10 Å². The summed E-state index contributed by atoms with van der Waals surface area (Å²) in [5.74, 6) is 0. The van der Waals surface area contributed by atoms with Gasteiger partial charge in [0.2, 0.25) is 0 Å². The van der Waals surface area contributed by atoms with Gasteiger partial charge >= 0.3 is 26.2 Å². The molecule has 0 spiro atoms. The van der Waals surface area contributed by atoms with Crippen molar-refractivity contribution in [3.63, 3.8) is 0 Å². The Bertz CT molecular complexity index is 1880. The fourth-order valence-electron chi connectivity index (χ4n) is 10.5. The quantitative estimate of drug-likeness (QED) is 0.140. The third-order valence-corrected chi connectivity index (χ3v) is 32.0. The number of benzene rings is 5. The molecule has 0 heterocycles. The average molecular weight is 844 g/mol. The zero-order chi connectivity index (χ0) is 37.4. The molecule has 8 heteroatoms. The van der Waals surface area contributed by atoms with Gasteiger partial charge in [-0.25, -0.2) is 0 Å². The molecule has 0 amide bonds. The second-order valence-corrected chi connectivity index (χ2v) is 31.5. The fraction of sp³-hybridized carbons (Fsp3) is 0.391. The first kappa shape index (κ1) is 41.4. The van der Waals surface area contributed by atoms with E-state index in [1.165, 1.54) is 44.2 Å². The van der Waals surface area contributed by atoms with E-state index in [-0.39, 0.29) is 32.3 Å². The van der Waals surface area contributed by atoms with Gasteiger partial charge in [-0.15, -0.1) is 22.9 Å². The Morgan fingerprint density at radius 1 is 0.500 bits per heavy atom. The first-order chi connectivity index (χ1) is 25.3. The minimum absolute atomic E-state index is 0. The van der Waals surface area contributed by atoms with E-state index in [4.69, 9.17) is 14.9 Å². The van der Waals surface area contributed by atoms with Crippen molar-refractivity contribution in [3.8, 4) is 0 Å². The monoisotopic (exact) mass is 842 g/mol. The van der Waals surface area contributed by atoms with Crippen molar-refractivity contribution in [2.45, 2.75) is 114 Å². The summed E-state index contributed by atoms with van der Waals surface area (Å²) >= 11 is 0. The number of hydrogen-bond donors (Lipinski definition) is 1. The Balaban J connectivity index is 0.000000300. The molecule has 0 unspecified atom stereocenters. The van der Waals surface area contributed by atoms with Gasteiger partial charge in [-0.2, -0.15) is 0 Å². The molecule has 3 aliphatic carbocycles. The maximum atomic E-state index is 9.38. The molecule has 0 fully saturated rings. The summed E-state index contributed by atoms with van der Waals surface area (Å²) in [6.45, 7) is 17.2. The summed E-state index contributed by atoms with van der Waals surface area (Å²) in [6.07, 6.45) is 6.57. The molecule has 4 nitrogen and oxygen atoms in total. The van der Waals surface area contributed by atoms with E-state index in [9.17, 15) is 5.11 Å². The Hall–Kier alpha value is -2.27. The van der Waals surface area contributed by atoms with E-state index < -0.39 is 24.7 Å². The largest absolute Gasteiger partial charge is 3.00 e. The summed E-state index contributed by atoms with van der Waals surface area (Å²) in [6, 6.07) is 42.3. The normalized spacial score (nSPS) is 19.8. The van der Waals surface area contributed by atoms with Gasteiger partial charge in [0.1, 0.15) is 0 Å². The number of aliphatic hydroxyl groups excluding tert-OH is 1. The smallest absolute Gasteiger partial charge is 0.658 e. The molecule has 0 bridgehead atoms. The van der Waals surface area contributed by atoms with Crippen LogP contribution in [-0.2, 0) is 45.5 Å². The number of hydrogen-bond acceptors (Lipinski definition) is 1. The molecule has 5 aromatic rings. The minimum Gasteiger partial charge on any atom is -0.658 e. The number of aryl methyl sites for hydroxylation is 3. The van der Waals surface area contributed by atoms with Gasteiger partial charge < -0.3 is 20.1 Å². The third-order valence-electron chi connectivity index (χ3n) is 12.1. The van der Waals surface area contributed by atoms with E-state index in [0.29, 0.717) is 22.9 Å². The predicted molar refractivity (Wildman–Crippen MR) is 233 cm³/mol. The van der Waals surface area contributed by atoms with Crippen molar-refractivity contribution in [1.82, 2.24) is 0 Å². The van der Waals surface area contributed by atoms with E-state index in [1.54, 1.807) is 6.92 Å². The van der Waals surface area contributed by atoms with Crippen molar-refractivity contribution in [3.05, 3.63) is 169 Å². The van der Waals surface area contributed by atoms with Gasteiger partial charge in [0.15, 0.2) is 0 Å². The van der Waals surface area contributed by atoms with Crippen molar-refractivity contribution < 1.29 is 31.3 Å². The van der Waals surface area contributed by atoms with E-state index in [0.717, 1.165) is 44.1 Å². The summed E-state index contributed by atoms with van der Waals surface area (Å²) < 4.78 is 0. The molecular weight excluding hydrogens is 786 g/mol. The van der Waals surface area contributed by atoms with E-state index in [1.807, 2.05) is 30.3 Å². The second-order valence-electron chi connectivity index (χ2n) is 17.3. The Morgan fingerprint density at radius 3 is 1.24 bits per heavy atom. The first-order valence-electron chi connectivity index (χ1n) is 19.9. The molecule has 54 heavy (non-hydrogen) atoms. The maximum absolute atomic E-state index is 9.38. The molecule has 0 aromatic heterocycles. The standard InChI is InChI=1S/C34H46N3Si3.C12H12O.Zr/c1-38(2,35-31-22-19-25-13-7-10-16-28(25)31)34(39(3,4)36-32-23-20-26-14-8-11-17-29(26)32)40(5,6)37-33-24-21-27-15-9-12-18-30(27)33;1-9(13)11-7-6-10-4-2-3-5-12(10)8-11;/h7-18,31-34H,19-24H2,1-6H3;2-9,13H,1H3;/q-3;;+3/t31-,32-,33-;9-;/m11./s1. The zero-order valence-corrected chi connectivity index (χ0v) is 38.8. The van der Waals surface area contributed by atoms with Crippen LogP contribution in [0.15, 0.2) is 115 Å².